The van der Waals surface area contributed by atoms with E-state index >= 15 is 0 Å². The number of hydrogen-bond acceptors (Lipinski definition) is 7. The number of carbonyl (C=O) groups is 1. The number of methoxy groups -OCH3 is 1. The lowest BCUT2D eigenvalue weighted by Gasteiger charge is -2.40. The van der Waals surface area contributed by atoms with Gasteiger partial charge in [-0.05, 0) is 57.0 Å². The van der Waals surface area contributed by atoms with Crippen LogP contribution >= 0.6 is 11.6 Å². The van der Waals surface area contributed by atoms with Crippen molar-refractivity contribution in [2.45, 2.75) is 91.1 Å². The minimum atomic E-state index is -2.20. The lowest BCUT2D eigenvalue weighted by atomic mass is 10.1. The molecule has 0 N–H and O–H groups in total. The second-order valence-electron chi connectivity index (χ2n) is 13.5. The van der Waals surface area contributed by atoms with E-state index in [4.69, 9.17) is 30.2 Å². The van der Waals surface area contributed by atoms with E-state index in [1.54, 1.807) is 29.6 Å². The van der Waals surface area contributed by atoms with Gasteiger partial charge in [0.05, 0.1) is 31.6 Å². The molecule has 1 unspecified atom stereocenters. The van der Waals surface area contributed by atoms with E-state index in [1.807, 2.05) is 45.2 Å². The molecular weight excluding hydrogens is 572 g/mol. The summed E-state index contributed by atoms with van der Waals surface area (Å²) in [5.74, 6) is 1.44. The summed E-state index contributed by atoms with van der Waals surface area (Å²) in [7, 11) is 1.13. The summed E-state index contributed by atoms with van der Waals surface area (Å²) in [6.07, 6.45) is 1.03. The van der Waals surface area contributed by atoms with Crippen LogP contribution in [0.25, 0.3) is 16.9 Å². The summed E-state index contributed by atoms with van der Waals surface area (Å²) >= 11 is 6.47. The standard InChI is InChI=1S/C31H47ClN4O5Si/c1-20(2)25-17-33-36-26(16-27(32)34-28(25)36)21-13-22(38-10)15-23(14-21)39-19-24(41-42(11,12)31(6,7)8)18-35(9)29(37)40-30(3,4)5/h13-17,20,24H,18-19H2,1-12H3. The molecule has 0 aliphatic carbocycles. The van der Waals surface area contributed by atoms with Crippen LogP contribution in [0.5, 0.6) is 11.5 Å². The molecule has 3 aromatic rings. The summed E-state index contributed by atoms with van der Waals surface area (Å²) in [6, 6.07) is 7.44. The van der Waals surface area contributed by atoms with E-state index in [9.17, 15) is 4.79 Å². The molecule has 2 aromatic heterocycles. The van der Waals surface area contributed by atoms with Crippen LogP contribution in [-0.2, 0) is 9.16 Å². The number of halogens is 1. The van der Waals surface area contributed by atoms with Crippen molar-refractivity contribution in [3.8, 4) is 22.8 Å². The molecule has 1 aromatic carbocycles. The highest BCUT2D eigenvalue weighted by atomic mass is 35.5. The smallest absolute Gasteiger partial charge is 0.410 e. The first-order valence-corrected chi connectivity index (χ1v) is 17.6. The number of aromatic nitrogens is 3. The van der Waals surface area contributed by atoms with Gasteiger partial charge in [-0.3, -0.25) is 0 Å². The molecule has 3 rings (SSSR count). The minimum absolute atomic E-state index is 0.0243. The van der Waals surface area contributed by atoms with Crippen LogP contribution in [0.4, 0.5) is 4.79 Å². The van der Waals surface area contributed by atoms with Crippen molar-refractivity contribution in [2.75, 3.05) is 27.3 Å². The molecule has 0 saturated heterocycles. The first kappa shape index (κ1) is 33.7. The lowest BCUT2D eigenvalue weighted by Crippen LogP contribution is -2.49. The molecule has 232 valence electrons. The summed E-state index contributed by atoms with van der Waals surface area (Å²) in [5.41, 5.74) is 2.70. The van der Waals surface area contributed by atoms with E-state index in [-0.39, 0.29) is 23.7 Å². The van der Waals surface area contributed by atoms with Crippen molar-refractivity contribution in [3.63, 3.8) is 0 Å². The van der Waals surface area contributed by atoms with Crippen molar-refractivity contribution >= 4 is 31.7 Å². The monoisotopic (exact) mass is 618 g/mol. The molecule has 1 amide bonds. The predicted octanol–water partition coefficient (Wildman–Crippen LogP) is 7.82. The van der Waals surface area contributed by atoms with Gasteiger partial charge >= 0.3 is 6.09 Å². The van der Waals surface area contributed by atoms with Crippen molar-refractivity contribution < 1.29 is 23.4 Å². The summed E-state index contributed by atoms with van der Waals surface area (Å²) < 4.78 is 26.1. The number of amides is 1. The van der Waals surface area contributed by atoms with Gasteiger partial charge in [-0.25, -0.2) is 14.3 Å². The third-order valence-electron chi connectivity index (χ3n) is 7.39. The zero-order chi connectivity index (χ0) is 31.6. The Labute approximate surface area is 256 Å². The van der Waals surface area contributed by atoms with Gasteiger partial charge in [0.15, 0.2) is 14.0 Å². The maximum absolute atomic E-state index is 12.8. The highest BCUT2D eigenvalue weighted by Gasteiger charge is 2.40. The lowest BCUT2D eigenvalue weighted by molar-refractivity contribution is 0.0172. The molecule has 0 fully saturated rings. The maximum atomic E-state index is 12.8. The molecule has 0 aliphatic rings. The average molecular weight is 619 g/mol. The number of carbonyl (C=O) groups excluding carboxylic acids is 1. The van der Waals surface area contributed by atoms with Crippen molar-refractivity contribution in [1.82, 2.24) is 19.5 Å². The van der Waals surface area contributed by atoms with Crippen molar-refractivity contribution in [2.24, 2.45) is 0 Å². The molecule has 0 bridgehead atoms. The fourth-order valence-corrected chi connectivity index (χ4v) is 5.62. The fraction of sp³-hybridized carbons (Fsp3) is 0.581. The van der Waals surface area contributed by atoms with Gasteiger partial charge in [0.25, 0.3) is 0 Å². The third-order valence-corrected chi connectivity index (χ3v) is 12.1. The summed E-state index contributed by atoms with van der Waals surface area (Å²) in [5, 5.41) is 4.95. The Morgan fingerprint density at radius 3 is 2.29 bits per heavy atom. The number of rotatable bonds is 10. The van der Waals surface area contributed by atoms with Crippen LogP contribution in [0.2, 0.25) is 23.3 Å². The van der Waals surface area contributed by atoms with Crippen molar-refractivity contribution in [3.05, 3.63) is 41.2 Å². The Hall–Kier alpha value is -2.82. The summed E-state index contributed by atoms with van der Waals surface area (Å²) in [6.45, 7) is 21.2. The number of hydrogen-bond donors (Lipinski definition) is 0. The SMILES string of the molecule is COc1cc(OCC(CN(C)C(=O)OC(C)(C)C)O[Si](C)(C)C(C)(C)C)cc(-c2cc(Cl)nc3c(C(C)C)cnn23)c1. The molecule has 11 heteroatoms. The second-order valence-corrected chi connectivity index (χ2v) is 18.7. The maximum Gasteiger partial charge on any atom is 0.410 e. The van der Waals surface area contributed by atoms with E-state index in [0.717, 1.165) is 16.8 Å². The number of ether oxygens (including phenoxy) is 3. The van der Waals surface area contributed by atoms with Crippen LogP contribution in [0.15, 0.2) is 30.5 Å². The highest BCUT2D eigenvalue weighted by molar-refractivity contribution is 6.74. The molecule has 0 spiro atoms. The highest BCUT2D eigenvalue weighted by Crippen LogP contribution is 2.38. The summed E-state index contributed by atoms with van der Waals surface area (Å²) in [4.78, 5) is 18.9. The molecule has 9 nitrogen and oxygen atoms in total. The van der Waals surface area contributed by atoms with E-state index in [1.165, 1.54) is 0 Å². The third kappa shape index (κ3) is 8.38. The molecule has 1 atom stereocenters. The van der Waals surface area contributed by atoms with E-state index < -0.39 is 20.0 Å². The van der Waals surface area contributed by atoms with Crippen LogP contribution in [0.3, 0.4) is 0 Å². The predicted molar refractivity (Wildman–Crippen MR) is 171 cm³/mol. The van der Waals surface area contributed by atoms with Gasteiger partial charge in [-0.1, -0.05) is 46.2 Å². The fourth-order valence-electron chi connectivity index (χ4n) is 4.11. The first-order chi connectivity index (χ1) is 19.3. The Morgan fingerprint density at radius 1 is 1.07 bits per heavy atom. The molecule has 0 radical (unpaired) electrons. The number of nitrogens with zero attached hydrogens (tertiary/aromatic N) is 4. The Balaban J connectivity index is 1.94. The van der Waals surface area contributed by atoms with Gasteiger partial charge in [0, 0.05) is 30.3 Å². The largest absolute Gasteiger partial charge is 0.497 e. The number of likely N-dealkylation sites (N-methyl/N-ethyl adjacent to an activating group) is 1. The van der Waals surface area contributed by atoms with Crippen LogP contribution < -0.4 is 9.47 Å². The Morgan fingerprint density at radius 2 is 1.71 bits per heavy atom. The van der Waals surface area contributed by atoms with Crippen LogP contribution in [-0.4, -0.2) is 72.9 Å². The zero-order valence-corrected chi connectivity index (χ0v) is 28.9. The van der Waals surface area contributed by atoms with E-state index in [2.05, 4.69) is 57.8 Å². The topological polar surface area (TPSA) is 87.4 Å². The second kappa shape index (κ2) is 12.8. The minimum Gasteiger partial charge on any atom is -0.497 e. The molecule has 42 heavy (non-hydrogen) atoms. The molecule has 2 heterocycles. The van der Waals surface area contributed by atoms with Crippen molar-refractivity contribution in [1.29, 1.82) is 0 Å². The van der Waals surface area contributed by atoms with Gasteiger partial charge in [-0.2, -0.15) is 5.10 Å². The first-order valence-electron chi connectivity index (χ1n) is 14.3. The van der Waals surface area contributed by atoms with Gasteiger partial charge in [0.1, 0.15) is 28.9 Å². The normalized spacial score (nSPS) is 13.4. The van der Waals surface area contributed by atoms with Crippen LogP contribution in [0.1, 0.15) is 66.9 Å². The quantitative estimate of drug-likeness (QED) is 0.169. The number of fused-ring (bicyclic) bond motifs is 1. The van der Waals surface area contributed by atoms with Gasteiger partial charge in [-0.15, -0.1) is 0 Å². The van der Waals surface area contributed by atoms with Crippen LogP contribution in [0, 0.1) is 0 Å². The molecule has 0 saturated carbocycles. The molecular formula is C31H47ClN4O5Si. The Kier molecular flexibility index (Phi) is 10.3. The Bertz CT molecular complexity index is 1390. The zero-order valence-electron chi connectivity index (χ0n) is 27.2. The molecule has 0 aliphatic heterocycles. The average Bonchev–Trinajstić information content (AvgIpc) is 3.28. The number of benzene rings is 1. The van der Waals surface area contributed by atoms with Gasteiger partial charge in [0.2, 0.25) is 0 Å². The van der Waals surface area contributed by atoms with E-state index in [0.29, 0.717) is 28.8 Å². The van der Waals surface area contributed by atoms with Gasteiger partial charge < -0.3 is 23.5 Å².